The Kier molecular flexibility index (Phi) is 3.85. The molecule has 0 aliphatic heterocycles. The lowest BCUT2D eigenvalue weighted by molar-refractivity contribution is -0.189. The third-order valence-corrected chi connectivity index (χ3v) is 8.95. The number of carbonyl (C=O) groups excluding carboxylic acids is 3. The molecule has 0 saturated heterocycles. The Morgan fingerprint density at radius 3 is 2.68 bits per heavy atom. The lowest BCUT2D eigenvalue weighted by Crippen LogP contribution is -2.58. The van der Waals surface area contributed by atoms with Crippen LogP contribution in [0.15, 0.2) is 11.6 Å². The summed E-state index contributed by atoms with van der Waals surface area (Å²) in [4.78, 5) is 39.2. The summed E-state index contributed by atoms with van der Waals surface area (Å²) in [6, 6.07) is -0.579. The minimum absolute atomic E-state index is 0.0238. The van der Waals surface area contributed by atoms with Crippen molar-refractivity contribution in [3.8, 4) is 0 Å². The standard InChI is InChI=1S/C27H40O4/c1-5-6-7-8-24(30)31-27(18(2)28)16-13-23-21-10-9-19-17-20(29)11-14-25(19,3)22(21)12-15-26(23,27)4/h17,21-23H,5-16H2,1-4H3/t21?,22?,23?,25?,26?,27-/m0/s1/i2D3,9D2,11D2,17D. The van der Waals surface area contributed by atoms with Crippen LogP contribution in [0.1, 0.15) is 116 Å². The fraction of sp³-hybridized carbons (Fsp3) is 0.815. The minimum atomic E-state index is -2.98. The van der Waals surface area contributed by atoms with E-state index in [4.69, 9.17) is 15.7 Å². The number of esters is 1. The van der Waals surface area contributed by atoms with Gasteiger partial charge >= 0.3 is 5.97 Å². The normalized spacial score (nSPS) is 49.4. The summed E-state index contributed by atoms with van der Waals surface area (Å²) in [5, 5.41) is 0. The maximum absolute atomic E-state index is 13.6. The van der Waals surface area contributed by atoms with E-state index in [2.05, 4.69) is 0 Å². The number of allylic oxidation sites excluding steroid dienone is 1. The molecule has 5 unspecified atom stereocenters. The van der Waals surface area contributed by atoms with E-state index in [1.165, 1.54) is 0 Å². The van der Waals surface area contributed by atoms with Crippen molar-refractivity contribution in [1.29, 1.82) is 0 Å². The lowest BCUT2D eigenvalue weighted by atomic mass is 9.46. The Morgan fingerprint density at radius 1 is 1.16 bits per heavy atom. The van der Waals surface area contributed by atoms with Crippen LogP contribution in [0.5, 0.6) is 0 Å². The van der Waals surface area contributed by atoms with E-state index in [0.717, 1.165) is 12.8 Å². The van der Waals surface area contributed by atoms with Crippen LogP contribution in [-0.4, -0.2) is 23.1 Å². The number of ketones is 2. The first kappa shape index (κ1) is 14.6. The van der Waals surface area contributed by atoms with Crippen molar-refractivity contribution in [2.24, 2.45) is 28.6 Å². The van der Waals surface area contributed by atoms with Gasteiger partial charge in [0.15, 0.2) is 17.2 Å². The lowest BCUT2D eigenvalue weighted by Gasteiger charge is -2.59. The number of fused-ring (bicyclic) bond motifs is 5. The molecule has 3 saturated carbocycles. The molecule has 0 bridgehead atoms. The third kappa shape index (κ3) is 3.43. The van der Waals surface area contributed by atoms with Gasteiger partial charge in [0.2, 0.25) is 0 Å². The Hall–Kier alpha value is -1.45. The molecule has 0 aromatic carbocycles. The zero-order valence-electron chi connectivity index (χ0n) is 26.9. The number of hydrogen-bond acceptors (Lipinski definition) is 4. The number of unbranched alkanes of at least 4 members (excludes halogenated alkanes) is 2. The van der Waals surface area contributed by atoms with Gasteiger partial charge in [-0.1, -0.05) is 39.2 Å². The second-order valence-corrected chi connectivity index (χ2v) is 10.4. The molecule has 0 aromatic rings. The predicted octanol–water partition coefficient (Wildman–Crippen LogP) is 5.97. The van der Waals surface area contributed by atoms with E-state index in [1.54, 1.807) is 13.8 Å². The molecular weight excluding hydrogens is 388 g/mol. The van der Waals surface area contributed by atoms with E-state index >= 15 is 0 Å². The Morgan fingerprint density at radius 2 is 1.94 bits per heavy atom. The Bertz CT molecular complexity index is 1100. The second-order valence-electron chi connectivity index (χ2n) is 10.4. The van der Waals surface area contributed by atoms with Gasteiger partial charge in [0.1, 0.15) is 0 Å². The number of carbonyl (C=O) groups is 3. The molecule has 4 rings (SSSR count). The molecule has 172 valence electrons. The largest absolute Gasteiger partial charge is 0.450 e. The average Bonchev–Trinajstić information content (AvgIpc) is 3.08. The SMILES string of the molecule is [2H]C1=C2C([2H])([2H])CC3C(CCC4(C)C3CC[C@]4(OC(=O)CCCCC)C(=O)C([2H])([2H])[2H])C2(C)CC([2H])([2H])C1=O. The fourth-order valence-corrected chi connectivity index (χ4v) is 7.15. The Balaban J connectivity index is 1.77. The molecule has 4 aliphatic rings. The first-order chi connectivity index (χ1) is 17.8. The average molecular weight is 437 g/mol. The molecule has 0 spiro atoms. The van der Waals surface area contributed by atoms with Gasteiger partial charge in [-0.2, -0.15) is 0 Å². The van der Waals surface area contributed by atoms with Gasteiger partial charge in [0.25, 0.3) is 0 Å². The summed E-state index contributed by atoms with van der Waals surface area (Å²) in [7, 11) is 0. The molecule has 4 heteroatoms. The first-order valence-corrected chi connectivity index (χ1v) is 11.8. The van der Waals surface area contributed by atoms with E-state index < -0.39 is 59.6 Å². The molecule has 0 amide bonds. The van der Waals surface area contributed by atoms with Gasteiger partial charge in [0, 0.05) is 27.8 Å². The number of ether oxygens (including phenoxy) is 1. The highest BCUT2D eigenvalue weighted by Gasteiger charge is 2.67. The monoisotopic (exact) mass is 436 g/mol. The van der Waals surface area contributed by atoms with Crippen molar-refractivity contribution in [3.05, 3.63) is 11.6 Å². The van der Waals surface area contributed by atoms with E-state index in [9.17, 15) is 14.4 Å². The van der Waals surface area contributed by atoms with Crippen LogP contribution >= 0.6 is 0 Å². The van der Waals surface area contributed by atoms with Crippen molar-refractivity contribution in [2.75, 3.05) is 0 Å². The van der Waals surface area contributed by atoms with Gasteiger partial charge < -0.3 is 4.74 Å². The zero-order chi connectivity index (χ0) is 29.4. The summed E-state index contributed by atoms with van der Waals surface area (Å²) in [5.41, 5.74) is -3.91. The molecule has 6 atom stereocenters. The summed E-state index contributed by atoms with van der Waals surface area (Å²) >= 11 is 0. The van der Waals surface area contributed by atoms with Crippen LogP contribution in [0.2, 0.25) is 0 Å². The van der Waals surface area contributed by atoms with Crippen LogP contribution < -0.4 is 0 Å². The van der Waals surface area contributed by atoms with Crippen molar-refractivity contribution in [3.63, 3.8) is 0 Å². The summed E-state index contributed by atoms with van der Waals surface area (Å²) in [5.74, 6) is -3.65. The molecule has 0 N–H and O–H groups in total. The van der Waals surface area contributed by atoms with Crippen molar-refractivity contribution in [2.45, 2.75) is 110 Å². The molecule has 3 fully saturated rings. The minimum Gasteiger partial charge on any atom is -0.450 e. The molecule has 4 nitrogen and oxygen atoms in total. The third-order valence-electron chi connectivity index (χ3n) is 8.95. The quantitative estimate of drug-likeness (QED) is 0.380. The maximum atomic E-state index is 13.6. The van der Waals surface area contributed by atoms with Crippen LogP contribution in [0, 0.1) is 28.6 Å². The van der Waals surface area contributed by atoms with Gasteiger partial charge in [-0.3, -0.25) is 14.4 Å². The first-order valence-electron chi connectivity index (χ1n) is 15.8. The summed E-state index contributed by atoms with van der Waals surface area (Å²) in [6.07, 6.45) is -1.10. The zero-order valence-corrected chi connectivity index (χ0v) is 18.9. The van der Waals surface area contributed by atoms with Crippen molar-refractivity contribution < 1.29 is 30.1 Å². The van der Waals surface area contributed by atoms with Gasteiger partial charge in [0.05, 0.1) is 1.37 Å². The van der Waals surface area contributed by atoms with E-state index in [0.29, 0.717) is 25.7 Å². The fourth-order valence-electron chi connectivity index (χ4n) is 7.15. The number of rotatable bonds is 6. The van der Waals surface area contributed by atoms with E-state index in [-0.39, 0.29) is 49.0 Å². The smallest absolute Gasteiger partial charge is 0.306 e. The Labute approximate surface area is 198 Å². The maximum Gasteiger partial charge on any atom is 0.306 e. The van der Waals surface area contributed by atoms with Gasteiger partial charge in [-0.05, 0) is 87.4 Å². The van der Waals surface area contributed by atoms with E-state index in [1.807, 2.05) is 6.92 Å². The van der Waals surface area contributed by atoms with Crippen molar-refractivity contribution >= 4 is 17.5 Å². The molecule has 0 heterocycles. The molecule has 0 radical (unpaired) electrons. The number of hydrogen-bond donors (Lipinski definition) is 0. The molecular formula is C27H40O4. The molecule has 31 heavy (non-hydrogen) atoms. The van der Waals surface area contributed by atoms with Crippen LogP contribution in [0.4, 0.5) is 0 Å². The molecule has 4 aliphatic carbocycles. The van der Waals surface area contributed by atoms with Gasteiger partial charge in [-0.25, -0.2) is 0 Å². The molecule has 0 aromatic heterocycles. The predicted molar refractivity (Wildman–Crippen MR) is 120 cm³/mol. The van der Waals surface area contributed by atoms with Crippen LogP contribution in [0.3, 0.4) is 0 Å². The topological polar surface area (TPSA) is 60.4 Å². The second kappa shape index (κ2) is 8.15. The highest BCUT2D eigenvalue weighted by atomic mass is 16.6. The van der Waals surface area contributed by atoms with Crippen LogP contribution in [-0.2, 0) is 19.1 Å². The van der Waals surface area contributed by atoms with Crippen LogP contribution in [0.25, 0.3) is 0 Å². The van der Waals surface area contributed by atoms with Crippen molar-refractivity contribution in [1.82, 2.24) is 0 Å². The highest BCUT2D eigenvalue weighted by molar-refractivity contribution is 5.91. The summed E-state index contributed by atoms with van der Waals surface area (Å²) in [6.45, 7) is 2.56. The summed E-state index contributed by atoms with van der Waals surface area (Å²) < 4.78 is 72.8. The highest BCUT2D eigenvalue weighted by Crippen LogP contribution is 2.68. The number of Topliss-reactive ketones (excluding diaryl/α,β-unsaturated/α-hetero) is 1. The van der Waals surface area contributed by atoms with Gasteiger partial charge in [-0.15, -0.1) is 0 Å².